The molecule has 0 saturated carbocycles. The molecule has 1 aliphatic rings. The van der Waals surface area contributed by atoms with Gasteiger partial charge in [0.15, 0.2) is 6.17 Å². The van der Waals surface area contributed by atoms with Gasteiger partial charge < -0.3 is 11.1 Å². The monoisotopic (exact) mass is 318 g/mol. The zero-order valence-corrected chi connectivity index (χ0v) is 12.6. The molecule has 24 heavy (non-hydrogen) atoms. The third kappa shape index (κ3) is 2.32. The summed E-state index contributed by atoms with van der Waals surface area (Å²) >= 11 is 0. The van der Waals surface area contributed by atoms with Crippen molar-refractivity contribution in [2.75, 3.05) is 10.2 Å². The van der Waals surface area contributed by atoms with E-state index in [1.807, 2.05) is 47.4 Å². The van der Waals surface area contributed by atoms with E-state index >= 15 is 0 Å². The summed E-state index contributed by atoms with van der Waals surface area (Å²) in [4.78, 5) is 26.4. The number of benzene rings is 1. The molecule has 4 rings (SSSR count). The lowest BCUT2D eigenvalue weighted by Gasteiger charge is -2.24. The van der Waals surface area contributed by atoms with E-state index in [1.54, 1.807) is 6.20 Å². The number of fused-ring (bicyclic) bond motifs is 1. The Morgan fingerprint density at radius 1 is 1.04 bits per heavy atom. The lowest BCUT2D eigenvalue weighted by molar-refractivity contribution is 0.0995. The molecule has 3 aromatic rings. The molecule has 3 heterocycles. The number of nitrogens with two attached hydrogens (primary N) is 1. The van der Waals surface area contributed by atoms with Gasteiger partial charge in [-0.2, -0.15) is 0 Å². The number of nitrogens with zero attached hydrogens (tertiary/aromatic N) is 4. The second-order valence-corrected chi connectivity index (χ2v) is 5.29. The maximum absolute atomic E-state index is 11.5. The second kappa shape index (κ2) is 5.62. The smallest absolute Gasteiger partial charge is 0.267 e. The zero-order chi connectivity index (χ0) is 16.5. The fourth-order valence-corrected chi connectivity index (χ4v) is 2.73. The highest BCUT2D eigenvalue weighted by Gasteiger charge is 2.33. The molecule has 2 aromatic heterocycles. The van der Waals surface area contributed by atoms with Gasteiger partial charge in [-0.25, -0.2) is 9.97 Å². The van der Waals surface area contributed by atoms with E-state index in [9.17, 15) is 4.79 Å². The van der Waals surface area contributed by atoms with Crippen molar-refractivity contribution >= 4 is 23.2 Å². The number of hydrogen-bond acceptors (Lipinski definition) is 6. The van der Waals surface area contributed by atoms with Gasteiger partial charge in [-0.3, -0.25) is 14.7 Å². The summed E-state index contributed by atoms with van der Waals surface area (Å²) in [5.41, 5.74) is 8.20. The Morgan fingerprint density at radius 2 is 1.88 bits per heavy atom. The minimum absolute atomic E-state index is 0.171. The standard InChI is InChI=1S/C17H14N6O/c18-15(24)12-8-10-20-17(22-12)23-14-7-2-1-5-11(14)21-16(23)13-6-3-4-9-19-13/h1-10,16,21H,(H2,18,24). The first kappa shape index (κ1) is 14.1. The van der Waals surface area contributed by atoms with Crippen molar-refractivity contribution < 1.29 is 4.79 Å². The van der Waals surface area contributed by atoms with Crippen LogP contribution in [-0.4, -0.2) is 20.9 Å². The van der Waals surface area contributed by atoms with Crippen molar-refractivity contribution in [3.8, 4) is 0 Å². The molecule has 3 N–H and O–H groups in total. The van der Waals surface area contributed by atoms with Gasteiger partial charge in [0.25, 0.3) is 5.91 Å². The quantitative estimate of drug-likeness (QED) is 0.768. The number of anilines is 3. The summed E-state index contributed by atoms with van der Waals surface area (Å²) in [5, 5.41) is 3.42. The number of amides is 1. The van der Waals surface area contributed by atoms with Crippen molar-refractivity contribution in [1.82, 2.24) is 15.0 Å². The van der Waals surface area contributed by atoms with Crippen LogP contribution in [0.15, 0.2) is 60.9 Å². The molecular formula is C17H14N6O. The Morgan fingerprint density at radius 3 is 2.67 bits per heavy atom. The highest BCUT2D eigenvalue weighted by Crippen LogP contribution is 2.43. The molecule has 1 atom stereocenters. The molecule has 0 radical (unpaired) electrons. The third-order valence-electron chi connectivity index (χ3n) is 3.79. The number of primary amides is 1. The van der Waals surface area contributed by atoms with Gasteiger partial charge in [0, 0.05) is 12.4 Å². The highest BCUT2D eigenvalue weighted by atomic mass is 16.1. The molecule has 1 aromatic carbocycles. The topological polar surface area (TPSA) is 97.0 Å². The molecule has 0 spiro atoms. The van der Waals surface area contributed by atoms with E-state index in [0.29, 0.717) is 5.95 Å². The van der Waals surface area contributed by atoms with Crippen LogP contribution in [0.4, 0.5) is 17.3 Å². The number of nitrogens with one attached hydrogen (secondary N) is 1. The molecule has 7 heteroatoms. The van der Waals surface area contributed by atoms with Crippen molar-refractivity contribution in [3.05, 3.63) is 72.3 Å². The second-order valence-electron chi connectivity index (χ2n) is 5.29. The van der Waals surface area contributed by atoms with E-state index in [2.05, 4.69) is 20.3 Å². The van der Waals surface area contributed by atoms with E-state index in [4.69, 9.17) is 5.73 Å². The van der Waals surface area contributed by atoms with E-state index in [-0.39, 0.29) is 11.9 Å². The highest BCUT2D eigenvalue weighted by molar-refractivity contribution is 5.91. The SMILES string of the molecule is NC(=O)c1ccnc(N2c3ccccc3NC2c2ccccn2)n1. The number of rotatable bonds is 3. The molecule has 7 nitrogen and oxygen atoms in total. The van der Waals surface area contributed by atoms with E-state index in [0.717, 1.165) is 17.1 Å². The van der Waals surface area contributed by atoms with Crippen LogP contribution in [0, 0.1) is 0 Å². The summed E-state index contributed by atoms with van der Waals surface area (Å²) in [6, 6.07) is 15.0. The Kier molecular flexibility index (Phi) is 3.31. The number of para-hydroxylation sites is 2. The van der Waals surface area contributed by atoms with Crippen LogP contribution < -0.4 is 16.0 Å². The van der Waals surface area contributed by atoms with Crippen LogP contribution in [0.2, 0.25) is 0 Å². The number of pyridine rings is 1. The maximum Gasteiger partial charge on any atom is 0.267 e. The van der Waals surface area contributed by atoms with Crippen LogP contribution in [0.5, 0.6) is 0 Å². The number of carbonyl (C=O) groups is 1. The lowest BCUT2D eigenvalue weighted by atomic mass is 10.2. The maximum atomic E-state index is 11.5. The van der Waals surface area contributed by atoms with Crippen LogP contribution in [-0.2, 0) is 0 Å². The van der Waals surface area contributed by atoms with Crippen LogP contribution in [0.1, 0.15) is 22.3 Å². The average molecular weight is 318 g/mol. The van der Waals surface area contributed by atoms with Crippen molar-refractivity contribution in [2.45, 2.75) is 6.17 Å². The molecule has 1 amide bonds. The lowest BCUT2D eigenvalue weighted by Crippen LogP contribution is -2.27. The van der Waals surface area contributed by atoms with Gasteiger partial charge in [0.05, 0.1) is 17.1 Å². The minimum atomic E-state index is -0.589. The van der Waals surface area contributed by atoms with Gasteiger partial charge in [-0.15, -0.1) is 0 Å². The van der Waals surface area contributed by atoms with Crippen LogP contribution >= 0.6 is 0 Å². The van der Waals surface area contributed by atoms with Gasteiger partial charge in [0.1, 0.15) is 5.69 Å². The summed E-state index contributed by atoms with van der Waals surface area (Å²) in [7, 11) is 0. The summed E-state index contributed by atoms with van der Waals surface area (Å²) in [6.45, 7) is 0. The van der Waals surface area contributed by atoms with Gasteiger partial charge >= 0.3 is 0 Å². The summed E-state index contributed by atoms with van der Waals surface area (Å²) < 4.78 is 0. The van der Waals surface area contributed by atoms with Crippen molar-refractivity contribution in [2.24, 2.45) is 5.73 Å². The van der Waals surface area contributed by atoms with E-state index < -0.39 is 5.91 Å². The van der Waals surface area contributed by atoms with Gasteiger partial charge in [0.2, 0.25) is 5.95 Å². The molecule has 0 bridgehead atoms. The van der Waals surface area contributed by atoms with Gasteiger partial charge in [-0.05, 0) is 30.3 Å². The van der Waals surface area contributed by atoms with Gasteiger partial charge in [-0.1, -0.05) is 18.2 Å². The zero-order valence-electron chi connectivity index (χ0n) is 12.6. The fraction of sp³-hybridized carbons (Fsp3) is 0.0588. The first-order valence-corrected chi connectivity index (χ1v) is 7.42. The molecule has 1 aliphatic heterocycles. The normalized spacial score (nSPS) is 15.7. The Bertz CT molecular complexity index is 898. The largest absolute Gasteiger partial charge is 0.364 e. The number of hydrogen-bond donors (Lipinski definition) is 2. The van der Waals surface area contributed by atoms with Crippen molar-refractivity contribution in [1.29, 1.82) is 0 Å². The molecule has 0 aliphatic carbocycles. The van der Waals surface area contributed by atoms with Crippen molar-refractivity contribution in [3.63, 3.8) is 0 Å². The molecular weight excluding hydrogens is 304 g/mol. The fourth-order valence-electron chi connectivity index (χ4n) is 2.73. The van der Waals surface area contributed by atoms with E-state index in [1.165, 1.54) is 12.3 Å². The summed E-state index contributed by atoms with van der Waals surface area (Å²) in [5.74, 6) is -0.201. The first-order chi connectivity index (χ1) is 11.7. The molecule has 118 valence electrons. The van der Waals surface area contributed by atoms with Crippen LogP contribution in [0.25, 0.3) is 0 Å². The predicted octanol–water partition coefficient (Wildman–Crippen LogP) is 2.23. The Labute approximate surface area is 138 Å². The first-order valence-electron chi connectivity index (χ1n) is 7.42. The summed E-state index contributed by atoms with van der Waals surface area (Å²) in [6.07, 6.45) is 2.99. The molecule has 0 fully saturated rings. The van der Waals surface area contributed by atoms with Crippen LogP contribution in [0.3, 0.4) is 0 Å². The number of aromatic nitrogens is 3. The Balaban J connectivity index is 1.85. The molecule has 1 unspecified atom stereocenters. The predicted molar refractivity (Wildman–Crippen MR) is 89.7 cm³/mol. The number of carbonyl (C=O) groups excluding carboxylic acids is 1. The Hall–Kier alpha value is -3.48. The molecule has 0 saturated heterocycles. The average Bonchev–Trinajstić information content (AvgIpc) is 3.02. The minimum Gasteiger partial charge on any atom is -0.364 e. The third-order valence-corrected chi connectivity index (χ3v) is 3.79.